The van der Waals surface area contributed by atoms with E-state index in [1.165, 1.54) is 0 Å². The monoisotopic (exact) mass is 563 g/mol. The summed E-state index contributed by atoms with van der Waals surface area (Å²) in [5, 5.41) is 14.1. The predicted molar refractivity (Wildman–Crippen MR) is 143 cm³/mol. The minimum atomic E-state index is -0.556. The molecule has 4 rings (SSSR count). The highest BCUT2D eigenvalue weighted by Gasteiger charge is 2.13. The summed E-state index contributed by atoms with van der Waals surface area (Å²) in [4.78, 5) is 19.3. The maximum atomic E-state index is 12.4. The van der Waals surface area contributed by atoms with Gasteiger partial charge < -0.3 is 9.47 Å². The molecule has 0 aliphatic carbocycles. The number of hydrogen-bond acceptors (Lipinski definition) is 7. The van der Waals surface area contributed by atoms with Crippen molar-refractivity contribution in [1.82, 2.24) is 9.97 Å². The van der Waals surface area contributed by atoms with Crippen LogP contribution in [0.5, 0.6) is 11.5 Å². The number of methoxy groups -OCH3 is 1. The van der Waals surface area contributed by atoms with E-state index in [9.17, 15) is 10.1 Å². The molecule has 36 heavy (non-hydrogen) atoms. The molecule has 180 valence electrons. The number of aromatic nitrogens is 2. The largest absolute Gasteiger partial charge is 0.496 e. The molecule has 8 nitrogen and oxygen atoms in total. The van der Waals surface area contributed by atoms with Crippen LogP contribution in [0.1, 0.15) is 16.7 Å². The van der Waals surface area contributed by atoms with Crippen LogP contribution in [0.4, 0.5) is 5.95 Å². The van der Waals surface area contributed by atoms with E-state index in [1.54, 1.807) is 55.8 Å². The van der Waals surface area contributed by atoms with Crippen LogP contribution < -0.4 is 20.5 Å². The number of rotatable bonds is 8. The fourth-order valence-corrected chi connectivity index (χ4v) is 4.07. The highest BCUT2D eigenvalue weighted by atomic mass is 79.9. The van der Waals surface area contributed by atoms with Gasteiger partial charge in [0.2, 0.25) is 5.95 Å². The molecule has 0 atom stereocenters. The first-order valence-corrected chi connectivity index (χ1v) is 11.8. The van der Waals surface area contributed by atoms with Crippen LogP contribution in [-0.4, -0.2) is 23.3 Å². The van der Waals surface area contributed by atoms with Gasteiger partial charge in [-0.2, -0.15) is 10.4 Å². The zero-order valence-corrected chi connectivity index (χ0v) is 21.3. The van der Waals surface area contributed by atoms with Crippen LogP contribution in [0.2, 0.25) is 5.02 Å². The van der Waals surface area contributed by atoms with Gasteiger partial charge in [0, 0.05) is 15.6 Å². The van der Waals surface area contributed by atoms with Crippen LogP contribution in [0.3, 0.4) is 0 Å². The van der Waals surface area contributed by atoms with E-state index in [1.807, 2.05) is 30.3 Å². The van der Waals surface area contributed by atoms with Crippen molar-refractivity contribution in [3.63, 3.8) is 0 Å². The Kier molecular flexibility index (Phi) is 8.00. The summed E-state index contributed by atoms with van der Waals surface area (Å²) < 4.78 is 12.2. The van der Waals surface area contributed by atoms with E-state index in [-0.39, 0.29) is 23.8 Å². The molecular weight excluding hydrogens is 546 g/mol. The Morgan fingerprint density at radius 2 is 1.94 bits per heavy atom. The van der Waals surface area contributed by atoms with E-state index in [2.05, 4.69) is 36.4 Å². The molecule has 4 aromatic rings. The van der Waals surface area contributed by atoms with Gasteiger partial charge in [-0.25, -0.2) is 10.4 Å². The summed E-state index contributed by atoms with van der Waals surface area (Å²) in [6, 6.07) is 21.8. The van der Waals surface area contributed by atoms with E-state index in [4.69, 9.17) is 21.1 Å². The van der Waals surface area contributed by atoms with E-state index < -0.39 is 5.56 Å². The highest BCUT2D eigenvalue weighted by molar-refractivity contribution is 9.10. The first kappa shape index (κ1) is 25.0. The summed E-state index contributed by atoms with van der Waals surface area (Å²) >= 11 is 9.62. The second kappa shape index (κ2) is 11.5. The van der Waals surface area contributed by atoms with E-state index in [0.29, 0.717) is 22.1 Å². The molecule has 0 amide bonds. The molecule has 0 radical (unpaired) electrons. The Hall–Kier alpha value is -4.13. The minimum Gasteiger partial charge on any atom is -0.496 e. The average Bonchev–Trinajstić information content (AvgIpc) is 2.88. The Morgan fingerprint density at radius 1 is 1.17 bits per heavy atom. The molecule has 0 aliphatic rings. The SMILES string of the molecule is COc1ccc(C=NNc2nc(-c3ccccc3)c(C#N)c(=O)[nH]2)cc1COc1ccc(Br)cc1Cl. The van der Waals surface area contributed by atoms with Crippen molar-refractivity contribution in [2.45, 2.75) is 6.61 Å². The standard InChI is InChI=1S/C26H19BrClN5O3/c1-35-22-9-7-16(11-18(22)15-36-23-10-8-19(27)12-21(23)28)14-30-33-26-31-24(17-5-3-2-4-6-17)20(13-29)25(34)32-26/h2-12,14H,15H2,1H3,(H2,31,32,33,34). The number of nitrogens with one attached hydrogen (secondary N) is 2. The van der Waals surface area contributed by atoms with Crippen molar-refractivity contribution in [3.05, 3.63) is 103 Å². The summed E-state index contributed by atoms with van der Waals surface area (Å²) in [6.07, 6.45) is 1.57. The van der Waals surface area contributed by atoms with Gasteiger partial charge in [0.1, 0.15) is 29.7 Å². The third kappa shape index (κ3) is 5.92. The lowest BCUT2D eigenvalue weighted by atomic mass is 10.1. The van der Waals surface area contributed by atoms with Crippen molar-refractivity contribution in [2.75, 3.05) is 12.5 Å². The number of anilines is 1. The second-order valence-electron chi connectivity index (χ2n) is 7.42. The first-order valence-electron chi connectivity index (χ1n) is 10.6. The van der Waals surface area contributed by atoms with Crippen molar-refractivity contribution in [1.29, 1.82) is 5.26 Å². The number of halogens is 2. The number of H-pyrrole nitrogens is 1. The molecule has 0 fully saturated rings. The molecule has 0 unspecified atom stereocenters. The fraction of sp³-hybridized carbons (Fsp3) is 0.0769. The molecule has 0 spiro atoms. The zero-order chi connectivity index (χ0) is 25.5. The van der Waals surface area contributed by atoms with Crippen molar-refractivity contribution in [3.8, 4) is 28.8 Å². The number of nitriles is 1. The molecule has 1 heterocycles. The maximum absolute atomic E-state index is 12.4. The Labute approximate surface area is 220 Å². The average molecular weight is 565 g/mol. The van der Waals surface area contributed by atoms with Gasteiger partial charge in [-0.15, -0.1) is 0 Å². The molecule has 10 heteroatoms. The van der Waals surface area contributed by atoms with E-state index >= 15 is 0 Å². The third-order valence-electron chi connectivity index (χ3n) is 5.04. The molecule has 0 aliphatic heterocycles. The number of nitrogens with zero attached hydrogens (tertiary/aromatic N) is 3. The van der Waals surface area contributed by atoms with Crippen molar-refractivity contribution >= 4 is 39.7 Å². The lowest BCUT2D eigenvalue weighted by Crippen LogP contribution is -2.16. The van der Waals surface area contributed by atoms with Gasteiger partial charge in [-0.05, 0) is 42.0 Å². The highest BCUT2D eigenvalue weighted by Crippen LogP contribution is 2.29. The van der Waals surface area contributed by atoms with Crippen LogP contribution >= 0.6 is 27.5 Å². The molecule has 3 aromatic carbocycles. The summed E-state index contributed by atoms with van der Waals surface area (Å²) in [5.74, 6) is 1.31. The van der Waals surface area contributed by atoms with Gasteiger partial charge in [0.25, 0.3) is 5.56 Å². The molecule has 1 aromatic heterocycles. The summed E-state index contributed by atoms with van der Waals surface area (Å²) in [7, 11) is 1.58. The van der Waals surface area contributed by atoms with Crippen molar-refractivity contribution in [2.24, 2.45) is 5.10 Å². The lowest BCUT2D eigenvalue weighted by Gasteiger charge is -2.12. The molecule has 0 saturated heterocycles. The number of ether oxygens (including phenoxy) is 2. The third-order valence-corrected chi connectivity index (χ3v) is 5.83. The lowest BCUT2D eigenvalue weighted by molar-refractivity contribution is 0.297. The quantitative estimate of drug-likeness (QED) is 0.208. The minimum absolute atomic E-state index is 0.0681. The summed E-state index contributed by atoms with van der Waals surface area (Å²) in [5.41, 5.74) is 4.56. The topological polar surface area (TPSA) is 112 Å². The number of hydrazone groups is 1. The number of hydrogen-bond donors (Lipinski definition) is 2. The zero-order valence-electron chi connectivity index (χ0n) is 19.0. The molecule has 0 saturated carbocycles. The van der Waals surface area contributed by atoms with Gasteiger partial charge >= 0.3 is 0 Å². The first-order chi connectivity index (χ1) is 17.5. The van der Waals surface area contributed by atoms with Crippen LogP contribution in [0.25, 0.3) is 11.3 Å². The number of aromatic amines is 1. The van der Waals surface area contributed by atoms with Gasteiger partial charge in [0.05, 0.1) is 24.0 Å². The van der Waals surface area contributed by atoms with Gasteiger partial charge in [-0.3, -0.25) is 9.78 Å². The normalized spacial score (nSPS) is 10.7. The smallest absolute Gasteiger partial charge is 0.270 e. The summed E-state index contributed by atoms with van der Waals surface area (Å²) in [6.45, 7) is 0.227. The Bertz CT molecular complexity index is 1520. The Morgan fingerprint density at radius 3 is 2.67 bits per heavy atom. The van der Waals surface area contributed by atoms with E-state index in [0.717, 1.165) is 15.6 Å². The fourth-order valence-electron chi connectivity index (χ4n) is 3.34. The van der Waals surface area contributed by atoms with Gasteiger partial charge in [0.15, 0.2) is 0 Å². The molecular formula is C26H19BrClN5O3. The second-order valence-corrected chi connectivity index (χ2v) is 8.74. The van der Waals surface area contributed by atoms with Gasteiger partial charge in [-0.1, -0.05) is 57.9 Å². The molecule has 0 bridgehead atoms. The Balaban J connectivity index is 1.53. The van der Waals surface area contributed by atoms with Crippen LogP contribution in [-0.2, 0) is 6.61 Å². The predicted octanol–water partition coefficient (Wildman–Crippen LogP) is 5.76. The maximum Gasteiger partial charge on any atom is 0.270 e. The van der Waals surface area contributed by atoms with Crippen molar-refractivity contribution < 1.29 is 9.47 Å². The molecule has 2 N–H and O–H groups in total. The number of benzene rings is 3. The van der Waals surface area contributed by atoms with Crippen LogP contribution in [0, 0.1) is 11.3 Å². The van der Waals surface area contributed by atoms with Crippen LogP contribution in [0.15, 0.2) is 81.1 Å².